The smallest absolute Gasteiger partial charge is 0.259 e. The number of amides is 1. The van der Waals surface area contributed by atoms with E-state index in [1.807, 2.05) is 43.3 Å². The van der Waals surface area contributed by atoms with Crippen molar-refractivity contribution < 1.29 is 9.90 Å². The number of para-hydroxylation sites is 1. The second-order valence-corrected chi connectivity index (χ2v) is 5.92. The monoisotopic (exact) mass is 344 g/mol. The Bertz CT molecular complexity index is 1100. The van der Waals surface area contributed by atoms with E-state index in [4.69, 9.17) is 0 Å². The van der Waals surface area contributed by atoms with Gasteiger partial charge in [-0.15, -0.1) is 0 Å². The molecule has 6 heteroatoms. The molecule has 26 heavy (non-hydrogen) atoms. The van der Waals surface area contributed by atoms with Gasteiger partial charge in [0, 0.05) is 11.1 Å². The lowest BCUT2D eigenvalue weighted by atomic mass is 10.2. The molecule has 2 aromatic carbocycles. The van der Waals surface area contributed by atoms with Gasteiger partial charge in [-0.1, -0.05) is 18.2 Å². The topological polar surface area (TPSA) is 80.0 Å². The molecule has 0 spiro atoms. The number of aromatic hydroxyl groups is 1. The predicted octanol–water partition coefficient (Wildman–Crippen LogP) is 3.69. The summed E-state index contributed by atoms with van der Waals surface area (Å²) in [5.74, 6) is 0.541. The highest BCUT2D eigenvalue weighted by molar-refractivity contribution is 6.05. The molecule has 0 aliphatic carbocycles. The molecule has 4 aromatic rings. The van der Waals surface area contributed by atoms with Gasteiger partial charge in [-0.2, -0.15) is 5.10 Å². The first-order valence-corrected chi connectivity index (χ1v) is 8.13. The molecule has 0 saturated carbocycles. The predicted molar refractivity (Wildman–Crippen MR) is 99.7 cm³/mol. The van der Waals surface area contributed by atoms with E-state index in [0.717, 1.165) is 10.9 Å². The molecular weight excluding hydrogens is 328 g/mol. The standard InChI is InChI=1S/C20H16N4O2/c1-13-17(20(26)22-15-7-9-16(25)10-8-15)12-21-24(13)19-11-6-14-4-2-3-5-18(14)23-19/h2-12,25H,1H3,(H,22,26). The summed E-state index contributed by atoms with van der Waals surface area (Å²) in [4.78, 5) is 17.1. The molecule has 0 unspecified atom stereocenters. The lowest BCUT2D eigenvalue weighted by molar-refractivity contribution is 0.102. The molecular formula is C20H16N4O2. The molecule has 2 aromatic heterocycles. The molecule has 0 fully saturated rings. The Morgan fingerprint density at radius 1 is 1.04 bits per heavy atom. The lowest BCUT2D eigenvalue weighted by Gasteiger charge is -2.07. The number of carbonyl (C=O) groups excluding carboxylic acids is 1. The zero-order chi connectivity index (χ0) is 18.1. The van der Waals surface area contributed by atoms with Crippen molar-refractivity contribution in [3.8, 4) is 11.6 Å². The van der Waals surface area contributed by atoms with Crippen molar-refractivity contribution in [2.24, 2.45) is 0 Å². The van der Waals surface area contributed by atoms with Crippen molar-refractivity contribution in [2.75, 3.05) is 5.32 Å². The summed E-state index contributed by atoms with van der Waals surface area (Å²) in [6.45, 7) is 1.83. The molecule has 2 heterocycles. The molecule has 0 radical (unpaired) electrons. The number of phenols is 1. The Kier molecular flexibility index (Phi) is 3.85. The molecule has 0 atom stereocenters. The van der Waals surface area contributed by atoms with Crippen LogP contribution in [0.3, 0.4) is 0 Å². The highest BCUT2D eigenvalue weighted by Crippen LogP contribution is 2.19. The highest BCUT2D eigenvalue weighted by atomic mass is 16.3. The number of rotatable bonds is 3. The first kappa shape index (κ1) is 15.8. The van der Waals surface area contributed by atoms with Crippen LogP contribution < -0.4 is 5.32 Å². The molecule has 0 saturated heterocycles. The van der Waals surface area contributed by atoms with Crippen LogP contribution in [-0.2, 0) is 0 Å². The van der Waals surface area contributed by atoms with Crippen molar-refractivity contribution >= 4 is 22.5 Å². The SMILES string of the molecule is Cc1c(C(=O)Nc2ccc(O)cc2)cnn1-c1ccc2ccccc2n1. The van der Waals surface area contributed by atoms with Crippen LogP contribution in [-0.4, -0.2) is 25.8 Å². The summed E-state index contributed by atoms with van der Waals surface area (Å²) in [7, 11) is 0. The Labute approximate surface area is 149 Å². The van der Waals surface area contributed by atoms with Crippen LogP contribution in [0.5, 0.6) is 5.75 Å². The Morgan fingerprint density at radius 3 is 2.62 bits per heavy atom. The number of pyridine rings is 1. The van der Waals surface area contributed by atoms with Crippen molar-refractivity contribution in [1.82, 2.24) is 14.8 Å². The third-order valence-electron chi connectivity index (χ3n) is 4.18. The molecule has 128 valence electrons. The maximum atomic E-state index is 12.5. The number of hydrogen-bond acceptors (Lipinski definition) is 4. The number of benzene rings is 2. The summed E-state index contributed by atoms with van der Waals surface area (Å²) in [5.41, 5.74) is 2.64. The van der Waals surface area contributed by atoms with Crippen molar-refractivity contribution in [1.29, 1.82) is 0 Å². The van der Waals surface area contributed by atoms with E-state index in [1.165, 1.54) is 18.3 Å². The van der Waals surface area contributed by atoms with Gasteiger partial charge in [-0.25, -0.2) is 9.67 Å². The average molecular weight is 344 g/mol. The van der Waals surface area contributed by atoms with E-state index in [2.05, 4.69) is 15.4 Å². The molecule has 0 aliphatic heterocycles. The van der Waals surface area contributed by atoms with E-state index in [-0.39, 0.29) is 11.7 Å². The number of nitrogens with zero attached hydrogens (tertiary/aromatic N) is 3. The van der Waals surface area contributed by atoms with Crippen LogP contribution in [0.1, 0.15) is 16.1 Å². The lowest BCUT2D eigenvalue weighted by Crippen LogP contribution is -2.13. The minimum absolute atomic E-state index is 0.148. The fourth-order valence-corrected chi connectivity index (χ4v) is 2.78. The fourth-order valence-electron chi connectivity index (χ4n) is 2.78. The highest BCUT2D eigenvalue weighted by Gasteiger charge is 2.16. The van der Waals surface area contributed by atoms with Crippen molar-refractivity contribution in [3.63, 3.8) is 0 Å². The van der Waals surface area contributed by atoms with Crippen LogP contribution in [0, 0.1) is 6.92 Å². The number of phenolic OH excluding ortho intramolecular Hbond substituents is 1. The summed E-state index contributed by atoms with van der Waals surface area (Å²) in [6, 6.07) is 18.0. The zero-order valence-electron chi connectivity index (χ0n) is 14.0. The van der Waals surface area contributed by atoms with Gasteiger partial charge in [0.25, 0.3) is 5.91 Å². The summed E-state index contributed by atoms with van der Waals surface area (Å²) in [5, 5.41) is 17.5. The van der Waals surface area contributed by atoms with Gasteiger partial charge in [-0.3, -0.25) is 4.79 Å². The maximum Gasteiger partial charge on any atom is 0.259 e. The Morgan fingerprint density at radius 2 is 1.81 bits per heavy atom. The number of fused-ring (bicyclic) bond motifs is 1. The van der Waals surface area contributed by atoms with Crippen LogP contribution in [0.2, 0.25) is 0 Å². The first-order valence-electron chi connectivity index (χ1n) is 8.13. The summed E-state index contributed by atoms with van der Waals surface area (Å²) in [6.07, 6.45) is 1.53. The van der Waals surface area contributed by atoms with Crippen LogP contribution in [0.15, 0.2) is 66.9 Å². The molecule has 2 N–H and O–H groups in total. The number of aromatic nitrogens is 3. The number of hydrogen-bond donors (Lipinski definition) is 2. The first-order chi connectivity index (χ1) is 12.6. The number of nitrogens with one attached hydrogen (secondary N) is 1. The van der Waals surface area contributed by atoms with Crippen LogP contribution in [0.4, 0.5) is 5.69 Å². The summed E-state index contributed by atoms with van der Waals surface area (Å²) < 4.78 is 1.65. The minimum atomic E-state index is -0.264. The third-order valence-corrected chi connectivity index (χ3v) is 4.18. The molecule has 0 aliphatic rings. The van der Waals surface area contributed by atoms with Gasteiger partial charge in [0.05, 0.1) is 23.0 Å². The van der Waals surface area contributed by atoms with E-state index < -0.39 is 0 Å². The van der Waals surface area contributed by atoms with Gasteiger partial charge in [0.15, 0.2) is 5.82 Å². The summed E-state index contributed by atoms with van der Waals surface area (Å²) >= 11 is 0. The van der Waals surface area contributed by atoms with E-state index >= 15 is 0 Å². The maximum absolute atomic E-state index is 12.5. The van der Waals surface area contributed by atoms with Gasteiger partial charge in [0.1, 0.15) is 5.75 Å². The quantitative estimate of drug-likeness (QED) is 0.556. The van der Waals surface area contributed by atoms with E-state index in [9.17, 15) is 9.90 Å². The van der Waals surface area contributed by atoms with Gasteiger partial charge in [-0.05, 0) is 49.4 Å². The van der Waals surface area contributed by atoms with Gasteiger partial charge >= 0.3 is 0 Å². The third kappa shape index (κ3) is 2.88. The molecule has 1 amide bonds. The zero-order valence-corrected chi connectivity index (χ0v) is 14.0. The second-order valence-electron chi connectivity index (χ2n) is 5.92. The second kappa shape index (κ2) is 6.33. The van der Waals surface area contributed by atoms with E-state index in [1.54, 1.807) is 16.8 Å². The Balaban J connectivity index is 1.64. The number of carbonyl (C=O) groups is 1. The van der Waals surface area contributed by atoms with Crippen molar-refractivity contribution in [3.05, 3.63) is 78.1 Å². The van der Waals surface area contributed by atoms with Crippen LogP contribution >= 0.6 is 0 Å². The average Bonchev–Trinajstić information content (AvgIpc) is 3.05. The van der Waals surface area contributed by atoms with Gasteiger partial charge < -0.3 is 10.4 Å². The minimum Gasteiger partial charge on any atom is -0.508 e. The largest absolute Gasteiger partial charge is 0.508 e. The van der Waals surface area contributed by atoms with Crippen molar-refractivity contribution in [2.45, 2.75) is 6.92 Å². The number of anilines is 1. The van der Waals surface area contributed by atoms with E-state index in [0.29, 0.717) is 22.8 Å². The molecule has 6 nitrogen and oxygen atoms in total. The fraction of sp³-hybridized carbons (Fsp3) is 0.0500. The molecule has 4 rings (SSSR count). The van der Waals surface area contributed by atoms with Gasteiger partial charge in [0.2, 0.25) is 0 Å². The molecule has 0 bridgehead atoms. The Hall–Kier alpha value is -3.67. The van der Waals surface area contributed by atoms with Crippen LogP contribution in [0.25, 0.3) is 16.7 Å². The normalized spacial score (nSPS) is 10.8.